The number of rotatable bonds is 8. The molecule has 1 atom stereocenters. The molecule has 12 nitrogen and oxygen atoms in total. The number of nitrogens with zero attached hydrogens (tertiary/aromatic N) is 3. The number of hydrogen-bond acceptors (Lipinski definition) is 10. The number of ether oxygens (including phenoxy) is 1. The molecule has 2 aliphatic rings. The highest BCUT2D eigenvalue weighted by Gasteiger charge is 2.56. The van der Waals surface area contributed by atoms with Gasteiger partial charge in [0, 0.05) is 11.6 Å². The second kappa shape index (κ2) is 9.11. The lowest BCUT2D eigenvalue weighted by atomic mass is 10.1. The van der Waals surface area contributed by atoms with Crippen molar-refractivity contribution in [1.29, 1.82) is 0 Å². The number of aromatic amines is 1. The molecule has 4 rings (SSSR count). The van der Waals surface area contributed by atoms with Crippen LogP contribution in [0.1, 0.15) is 40.0 Å². The average Bonchev–Trinajstić information content (AvgIpc) is 3.29. The van der Waals surface area contributed by atoms with Gasteiger partial charge in [0.05, 0.1) is 19.8 Å². The second-order valence-corrected chi connectivity index (χ2v) is 10.4. The highest BCUT2D eigenvalue weighted by molar-refractivity contribution is 7.58. The third kappa shape index (κ3) is 4.95. The molecule has 2 aromatic rings. The van der Waals surface area contributed by atoms with Crippen LogP contribution in [0, 0.1) is 11.3 Å². The van der Waals surface area contributed by atoms with Crippen molar-refractivity contribution in [2.24, 2.45) is 11.3 Å². The van der Waals surface area contributed by atoms with Gasteiger partial charge in [-0.25, -0.2) is 10.1 Å². The quantitative estimate of drug-likeness (QED) is 0.321. The Morgan fingerprint density at radius 1 is 1.45 bits per heavy atom. The number of nitrogens with one attached hydrogen (secondary N) is 2. The first-order valence-electron chi connectivity index (χ1n) is 11.0. The fourth-order valence-electron chi connectivity index (χ4n) is 3.72. The number of anilines is 1. The summed E-state index contributed by atoms with van der Waals surface area (Å²) in [5.41, 5.74) is 6.42. The van der Waals surface area contributed by atoms with Crippen LogP contribution < -0.4 is 16.4 Å². The number of carbonyl (C=O) groups is 1. The van der Waals surface area contributed by atoms with Crippen LogP contribution in [0.15, 0.2) is 16.7 Å². The van der Waals surface area contributed by atoms with Crippen LogP contribution >= 0.6 is 8.09 Å². The lowest BCUT2D eigenvalue weighted by Gasteiger charge is -2.37. The Bertz CT molecular complexity index is 1120. The Hall–Kier alpha value is -2.37. The predicted octanol–water partition coefficient (Wildman–Crippen LogP) is 1.61. The Balaban J connectivity index is 1.35. The standard InChI is InChI=1S/C20H30N6O6P/c1-4-13(5-2)8-30-18(28)12(3)25-33(29)31-9-20(10-32-33)6-14(20)7-26-11-22-15-16(26)23-19(21)24-17(15)27/h7,11-13,25,29H,4-6,8-10H2,1-3H3,(H3,21,23,24,27). The second-order valence-electron chi connectivity index (χ2n) is 8.62. The number of nitrogen functional groups attached to an aromatic ring is 1. The van der Waals surface area contributed by atoms with E-state index < -0.39 is 25.7 Å². The van der Waals surface area contributed by atoms with Crippen molar-refractivity contribution in [2.75, 3.05) is 25.6 Å². The Kier molecular flexibility index (Phi) is 6.56. The number of aromatic nitrogens is 4. The number of hydrogen-bond donors (Lipinski definition) is 4. The van der Waals surface area contributed by atoms with Gasteiger partial charge < -0.3 is 24.4 Å². The van der Waals surface area contributed by atoms with E-state index in [1.807, 2.05) is 6.20 Å². The van der Waals surface area contributed by atoms with Gasteiger partial charge in [0.2, 0.25) is 5.95 Å². The summed E-state index contributed by atoms with van der Waals surface area (Å²) in [5, 5.41) is 2.77. The molecule has 181 valence electrons. The molecule has 1 aliphatic heterocycles. The molecule has 2 aromatic heterocycles. The van der Waals surface area contributed by atoms with Crippen LogP contribution in [-0.2, 0) is 18.6 Å². The number of esters is 1. The Morgan fingerprint density at radius 2 is 2.15 bits per heavy atom. The summed E-state index contributed by atoms with van der Waals surface area (Å²) in [6, 6.07) is -0.770. The van der Waals surface area contributed by atoms with E-state index in [1.165, 1.54) is 6.33 Å². The molecule has 1 saturated carbocycles. The highest BCUT2D eigenvalue weighted by Crippen LogP contribution is 2.65. The third-order valence-corrected chi connectivity index (χ3v) is 7.86. The Labute approximate surface area is 191 Å². The molecule has 1 aliphatic carbocycles. The summed E-state index contributed by atoms with van der Waals surface area (Å²) in [6.45, 7) is 6.53. The van der Waals surface area contributed by atoms with E-state index in [1.54, 1.807) is 11.5 Å². The first-order valence-corrected chi connectivity index (χ1v) is 12.5. The van der Waals surface area contributed by atoms with E-state index in [2.05, 4.69) is 33.9 Å². The summed E-state index contributed by atoms with van der Waals surface area (Å²) >= 11 is 0. The van der Waals surface area contributed by atoms with E-state index in [-0.39, 0.29) is 30.1 Å². The summed E-state index contributed by atoms with van der Waals surface area (Å²) < 4.78 is 18.3. The highest BCUT2D eigenvalue weighted by atomic mass is 31.2. The van der Waals surface area contributed by atoms with E-state index in [9.17, 15) is 14.5 Å². The molecule has 2 fully saturated rings. The summed E-state index contributed by atoms with van der Waals surface area (Å²) in [5.74, 6) is -0.127. The van der Waals surface area contributed by atoms with Crippen molar-refractivity contribution in [3.8, 4) is 0 Å². The van der Waals surface area contributed by atoms with Crippen molar-refractivity contribution in [3.63, 3.8) is 0 Å². The van der Waals surface area contributed by atoms with Gasteiger partial charge in [-0.15, -0.1) is 0 Å². The maximum Gasteiger partial charge on any atom is 0.323 e. The van der Waals surface area contributed by atoms with Crippen LogP contribution in [0.4, 0.5) is 5.95 Å². The lowest BCUT2D eigenvalue weighted by molar-refractivity contribution is -0.147. The van der Waals surface area contributed by atoms with Crippen molar-refractivity contribution in [2.45, 2.75) is 46.1 Å². The molecule has 1 spiro atoms. The van der Waals surface area contributed by atoms with Crippen LogP contribution in [0.5, 0.6) is 0 Å². The molecule has 3 heterocycles. The zero-order valence-corrected chi connectivity index (χ0v) is 19.8. The SMILES string of the molecule is CCC(CC)COC(=O)C(C)N[P]1(O)OCC2(CO1)CC2=Cn1cnc2c(=O)[nH]c(N)nc21. The molecule has 1 saturated heterocycles. The number of nitrogens with two attached hydrogens (primary N) is 1. The Morgan fingerprint density at radius 3 is 2.82 bits per heavy atom. The molecule has 13 heteroatoms. The molecule has 33 heavy (non-hydrogen) atoms. The summed E-state index contributed by atoms with van der Waals surface area (Å²) in [4.78, 5) is 45.6. The van der Waals surface area contributed by atoms with Gasteiger partial charge in [-0.3, -0.25) is 19.1 Å². The van der Waals surface area contributed by atoms with Crippen molar-refractivity contribution < 1.29 is 23.5 Å². The number of carbonyl (C=O) groups excluding carboxylic acids is 1. The molecule has 1 unspecified atom stereocenters. The third-order valence-electron chi connectivity index (χ3n) is 6.19. The summed E-state index contributed by atoms with van der Waals surface area (Å²) in [7, 11) is -3.40. The minimum Gasteiger partial charge on any atom is -0.464 e. The van der Waals surface area contributed by atoms with Gasteiger partial charge >= 0.3 is 14.1 Å². The van der Waals surface area contributed by atoms with Gasteiger partial charge in [-0.2, -0.15) is 4.98 Å². The topological polar surface area (TPSA) is 167 Å². The first-order chi connectivity index (χ1) is 15.7. The maximum absolute atomic E-state index is 12.3. The van der Waals surface area contributed by atoms with Gasteiger partial charge in [-0.1, -0.05) is 26.7 Å². The fraction of sp³-hybridized carbons (Fsp3) is 0.600. The minimum absolute atomic E-state index is 0.0102. The van der Waals surface area contributed by atoms with Gasteiger partial charge in [0.25, 0.3) is 5.56 Å². The lowest BCUT2D eigenvalue weighted by Crippen LogP contribution is -2.40. The maximum atomic E-state index is 12.3. The van der Waals surface area contributed by atoms with E-state index >= 15 is 0 Å². The molecule has 5 N–H and O–H groups in total. The first kappa shape index (κ1) is 23.8. The van der Waals surface area contributed by atoms with Crippen LogP contribution in [0.25, 0.3) is 17.4 Å². The average molecular weight is 481 g/mol. The summed E-state index contributed by atoms with van der Waals surface area (Å²) in [6.07, 6.45) is 5.87. The fourth-order valence-corrected chi connectivity index (χ4v) is 5.38. The van der Waals surface area contributed by atoms with Gasteiger partial charge in [0.15, 0.2) is 11.2 Å². The number of H-pyrrole nitrogens is 1. The molecule has 0 amide bonds. The molecular weight excluding hydrogens is 451 g/mol. The van der Waals surface area contributed by atoms with E-state index in [0.717, 1.165) is 18.4 Å². The zero-order valence-electron chi connectivity index (χ0n) is 18.9. The minimum atomic E-state index is -3.40. The zero-order chi connectivity index (χ0) is 23.8. The van der Waals surface area contributed by atoms with Gasteiger partial charge in [-0.05, 0) is 24.8 Å². The van der Waals surface area contributed by atoms with Crippen LogP contribution in [-0.4, -0.2) is 56.2 Å². The van der Waals surface area contributed by atoms with Crippen molar-refractivity contribution in [3.05, 3.63) is 22.3 Å². The normalized spacial score (nSPS) is 26.9. The van der Waals surface area contributed by atoms with E-state index in [4.69, 9.17) is 19.5 Å². The molecular formula is C20H30N6O6P. The largest absolute Gasteiger partial charge is 0.464 e. The molecule has 1 radical (unpaired) electrons. The molecule has 0 bridgehead atoms. The number of fused-ring (bicyclic) bond motifs is 1. The molecule has 0 aromatic carbocycles. The van der Waals surface area contributed by atoms with Gasteiger partial charge in [0.1, 0.15) is 12.4 Å². The van der Waals surface area contributed by atoms with E-state index in [0.29, 0.717) is 24.6 Å². The monoisotopic (exact) mass is 481 g/mol. The van der Waals surface area contributed by atoms with Crippen molar-refractivity contribution >= 4 is 37.4 Å². The number of imidazole rings is 1. The van der Waals surface area contributed by atoms with Crippen molar-refractivity contribution in [1.82, 2.24) is 24.6 Å². The smallest absolute Gasteiger partial charge is 0.323 e. The van der Waals surface area contributed by atoms with Crippen LogP contribution in [0.3, 0.4) is 0 Å². The van der Waals surface area contributed by atoms with Crippen LogP contribution in [0.2, 0.25) is 0 Å². The predicted molar refractivity (Wildman–Crippen MR) is 123 cm³/mol.